The maximum atomic E-state index is 10.4. The molecule has 15 heavy (non-hydrogen) atoms. The first-order valence-corrected chi connectivity index (χ1v) is 5.39. The zero-order valence-electron chi connectivity index (χ0n) is 8.89. The number of rotatable bonds is 7. The monoisotopic (exact) mass is 217 g/mol. The van der Waals surface area contributed by atoms with Gasteiger partial charge in [-0.25, -0.2) is 0 Å². The standard InChI is InChI=1S/C10H19NO4/c12-6-5-11(4-3-10(13)14)8-9-2-1-7-15-9/h9,12H,1-8H2,(H,13,14). The Labute approximate surface area is 89.6 Å². The van der Waals surface area contributed by atoms with Crippen LogP contribution in [0, 0.1) is 0 Å². The molecule has 0 aliphatic carbocycles. The SMILES string of the molecule is O=C(O)CCN(CCO)CC1CCCO1. The molecule has 0 spiro atoms. The van der Waals surface area contributed by atoms with Crippen molar-refractivity contribution in [2.45, 2.75) is 25.4 Å². The van der Waals surface area contributed by atoms with E-state index in [2.05, 4.69) is 0 Å². The lowest BCUT2D eigenvalue weighted by atomic mass is 10.2. The molecule has 1 fully saturated rings. The molecule has 5 nitrogen and oxygen atoms in total. The summed E-state index contributed by atoms with van der Waals surface area (Å²) >= 11 is 0. The van der Waals surface area contributed by atoms with Crippen LogP contribution in [0.25, 0.3) is 0 Å². The lowest BCUT2D eigenvalue weighted by Crippen LogP contribution is -2.35. The van der Waals surface area contributed by atoms with Gasteiger partial charge in [0.1, 0.15) is 0 Å². The topological polar surface area (TPSA) is 70.0 Å². The Morgan fingerprint density at radius 2 is 2.27 bits per heavy atom. The second kappa shape index (κ2) is 6.76. The van der Waals surface area contributed by atoms with Gasteiger partial charge >= 0.3 is 5.97 Å². The first-order valence-electron chi connectivity index (χ1n) is 5.39. The van der Waals surface area contributed by atoms with Gasteiger partial charge in [-0.05, 0) is 12.8 Å². The Morgan fingerprint density at radius 1 is 1.47 bits per heavy atom. The maximum absolute atomic E-state index is 10.4. The molecule has 1 aliphatic heterocycles. The van der Waals surface area contributed by atoms with Crippen molar-refractivity contribution >= 4 is 5.97 Å². The van der Waals surface area contributed by atoms with Gasteiger partial charge in [-0.3, -0.25) is 9.69 Å². The van der Waals surface area contributed by atoms with E-state index in [0.29, 0.717) is 13.1 Å². The molecule has 0 aromatic heterocycles. The highest BCUT2D eigenvalue weighted by atomic mass is 16.5. The van der Waals surface area contributed by atoms with E-state index in [4.69, 9.17) is 14.9 Å². The number of aliphatic hydroxyl groups excluding tert-OH is 1. The summed E-state index contributed by atoms with van der Waals surface area (Å²) in [6.45, 7) is 2.60. The molecule has 0 aromatic carbocycles. The van der Waals surface area contributed by atoms with Crippen LogP contribution in [-0.4, -0.2) is 60.0 Å². The summed E-state index contributed by atoms with van der Waals surface area (Å²) in [4.78, 5) is 12.4. The molecule has 0 amide bonds. The predicted molar refractivity (Wildman–Crippen MR) is 54.8 cm³/mol. The Kier molecular flexibility index (Phi) is 5.60. The molecular formula is C10H19NO4. The van der Waals surface area contributed by atoms with Gasteiger partial charge in [0.15, 0.2) is 0 Å². The first kappa shape index (κ1) is 12.4. The number of nitrogens with zero attached hydrogens (tertiary/aromatic N) is 1. The molecule has 5 heteroatoms. The number of aliphatic carboxylic acids is 1. The lowest BCUT2D eigenvalue weighted by molar-refractivity contribution is -0.137. The van der Waals surface area contributed by atoms with Crippen LogP contribution < -0.4 is 0 Å². The van der Waals surface area contributed by atoms with Crippen molar-refractivity contribution in [2.24, 2.45) is 0 Å². The van der Waals surface area contributed by atoms with Crippen molar-refractivity contribution in [1.29, 1.82) is 0 Å². The number of aliphatic hydroxyl groups is 1. The van der Waals surface area contributed by atoms with Crippen molar-refractivity contribution in [3.63, 3.8) is 0 Å². The fourth-order valence-corrected chi connectivity index (χ4v) is 1.77. The molecule has 2 N–H and O–H groups in total. The largest absolute Gasteiger partial charge is 0.481 e. The molecule has 0 saturated carbocycles. The van der Waals surface area contributed by atoms with Crippen LogP contribution in [0.3, 0.4) is 0 Å². The second-order valence-electron chi connectivity index (χ2n) is 3.80. The number of carbonyl (C=O) groups is 1. The van der Waals surface area contributed by atoms with Crippen molar-refractivity contribution in [3.05, 3.63) is 0 Å². The van der Waals surface area contributed by atoms with E-state index < -0.39 is 5.97 Å². The summed E-state index contributed by atoms with van der Waals surface area (Å²) in [6, 6.07) is 0. The zero-order chi connectivity index (χ0) is 11.1. The highest BCUT2D eigenvalue weighted by molar-refractivity contribution is 5.66. The minimum atomic E-state index is -0.801. The number of hydrogen-bond donors (Lipinski definition) is 2. The maximum Gasteiger partial charge on any atom is 0.304 e. The van der Waals surface area contributed by atoms with E-state index in [0.717, 1.165) is 26.0 Å². The Hall–Kier alpha value is -0.650. The highest BCUT2D eigenvalue weighted by Crippen LogP contribution is 2.13. The molecule has 0 bridgehead atoms. The molecule has 1 rings (SSSR count). The van der Waals surface area contributed by atoms with Crippen LogP contribution in [-0.2, 0) is 9.53 Å². The summed E-state index contributed by atoms with van der Waals surface area (Å²) in [6.07, 6.45) is 2.45. The van der Waals surface area contributed by atoms with Crippen LogP contribution in [0.4, 0.5) is 0 Å². The van der Waals surface area contributed by atoms with E-state index >= 15 is 0 Å². The smallest absolute Gasteiger partial charge is 0.304 e. The third-order valence-electron chi connectivity index (χ3n) is 2.54. The summed E-state index contributed by atoms with van der Waals surface area (Å²) in [5.41, 5.74) is 0. The van der Waals surface area contributed by atoms with Gasteiger partial charge in [-0.15, -0.1) is 0 Å². The third kappa shape index (κ3) is 5.11. The fraction of sp³-hybridized carbons (Fsp3) is 0.900. The number of hydrogen-bond acceptors (Lipinski definition) is 4. The predicted octanol–water partition coefficient (Wildman–Crippen LogP) is -0.0656. The third-order valence-corrected chi connectivity index (χ3v) is 2.54. The summed E-state index contributed by atoms with van der Waals surface area (Å²) in [7, 11) is 0. The summed E-state index contributed by atoms with van der Waals surface area (Å²) < 4.78 is 5.47. The van der Waals surface area contributed by atoms with Crippen molar-refractivity contribution < 1.29 is 19.7 Å². The van der Waals surface area contributed by atoms with Gasteiger partial charge in [0.2, 0.25) is 0 Å². The van der Waals surface area contributed by atoms with Crippen molar-refractivity contribution in [3.8, 4) is 0 Å². The van der Waals surface area contributed by atoms with Gasteiger partial charge in [0.05, 0.1) is 19.1 Å². The molecule has 1 saturated heterocycles. The van der Waals surface area contributed by atoms with Gasteiger partial charge in [-0.2, -0.15) is 0 Å². The van der Waals surface area contributed by atoms with Crippen LogP contribution in [0.2, 0.25) is 0 Å². The molecule has 1 unspecified atom stereocenters. The van der Waals surface area contributed by atoms with Crippen LogP contribution in [0.5, 0.6) is 0 Å². The molecule has 1 aliphatic rings. The normalized spacial score (nSPS) is 21.1. The zero-order valence-corrected chi connectivity index (χ0v) is 8.89. The van der Waals surface area contributed by atoms with Gasteiger partial charge in [0, 0.05) is 26.2 Å². The fourth-order valence-electron chi connectivity index (χ4n) is 1.77. The average molecular weight is 217 g/mol. The molecule has 0 radical (unpaired) electrons. The molecule has 1 heterocycles. The Balaban J connectivity index is 2.25. The molecule has 88 valence electrons. The average Bonchev–Trinajstić information content (AvgIpc) is 2.67. The lowest BCUT2D eigenvalue weighted by Gasteiger charge is -2.23. The highest BCUT2D eigenvalue weighted by Gasteiger charge is 2.19. The molecular weight excluding hydrogens is 198 g/mol. The summed E-state index contributed by atoms with van der Waals surface area (Å²) in [5, 5.41) is 17.4. The Bertz CT molecular complexity index is 192. The number of carboxylic acids is 1. The van der Waals surface area contributed by atoms with E-state index in [-0.39, 0.29) is 19.1 Å². The minimum absolute atomic E-state index is 0.0618. The van der Waals surface area contributed by atoms with E-state index in [1.54, 1.807) is 0 Å². The quantitative estimate of drug-likeness (QED) is 0.625. The van der Waals surface area contributed by atoms with Crippen molar-refractivity contribution in [1.82, 2.24) is 4.90 Å². The van der Waals surface area contributed by atoms with E-state index in [1.165, 1.54) is 0 Å². The molecule has 0 aromatic rings. The molecule has 1 atom stereocenters. The van der Waals surface area contributed by atoms with E-state index in [9.17, 15) is 4.79 Å². The van der Waals surface area contributed by atoms with Gasteiger partial charge in [-0.1, -0.05) is 0 Å². The number of ether oxygens (including phenoxy) is 1. The Morgan fingerprint density at radius 3 is 2.80 bits per heavy atom. The summed E-state index contributed by atoms with van der Waals surface area (Å²) in [5.74, 6) is -0.801. The van der Waals surface area contributed by atoms with E-state index in [1.807, 2.05) is 4.90 Å². The van der Waals surface area contributed by atoms with Crippen LogP contribution in [0.15, 0.2) is 0 Å². The first-order chi connectivity index (χ1) is 7.22. The minimum Gasteiger partial charge on any atom is -0.481 e. The van der Waals surface area contributed by atoms with Gasteiger partial charge < -0.3 is 14.9 Å². The van der Waals surface area contributed by atoms with Crippen molar-refractivity contribution in [2.75, 3.05) is 32.8 Å². The van der Waals surface area contributed by atoms with Crippen LogP contribution in [0.1, 0.15) is 19.3 Å². The second-order valence-corrected chi connectivity index (χ2v) is 3.80. The van der Waals surface area contributed by atoms with Gasteiger partial charge in [0.25, 0.3) is 0 Å². The number of carboxylic acid groups (broad SMARTS) is 1. The van der Waals surface area contributed by atoms with Crippen LogP contribution >= 0.6 is 0 Å².